The van der Waals surface area contributed by atoms with Crippen LogP contribution >= 0.6 is 0 Å². The second kappa shape index (κ2) is 6.83. The zero-order chi connectivity index (χ0) is 17.3. The van der Waals surface area contributed by atoms with Gasteiger partial charge in [-0.3, -0.25) is 4.79 Å². The fourth-order valence-corrected chi connectivity index (χ4v) is 3.28. The number of carbonyl (C=O) groups is 1. The van der Waals surface area contributed by atoms with E-state index in [2.05, 4.69) is 0 Å². The van der Waals surface area contributed by atoms with Crippen molar-refractivity contribution in [3.63, 3.8) is 0 Å². The van der Waals surface area contributed by atoms with Gasteiger partial charge in [-0.15, -0.1) is 0 Å². The molecule has 1 aliphatic rings. The first-order valence-electron chi connectivity index (χ1n) is 8.17. The molecule has 6 nitrogen and oxygen atoms in total. The Hall–Kier alpha value is -2.05. The highest BCUT2D eigenvalue weighted by Gasteiger charge is 2.27. The van der Waals surface area contributed by atoms with Crippen molar-refractivity contribution in [2.45, 2.75) is 6.92 Å². The second-order valence-corrected chi connectivity index (χ2v) is 6.28. The molecule has 3 rings (SSSR count). The Morgan fingerprint density at radius 3 is 2.96 bits per heavy atom. The number of hydrogen-bond acceptors (Lipinski definition) is 4. The van der Waals surface area contributed by atoms with Crippen molar-refractivity contribution >= 4 is 16.8 Å². The molecule has 0 saturated carbocycles. The summed E-state index contributed by atoms with van der Waals surface area (Å²) in [4.78, 5) is 15.0. The third kappa shape index (κ3) is 2.87. The molecular weight excluding hydrogens is 308 g/mol. The van der Waals surface area contributed by atoms with Crippen LogP contribution in [0.15, 0.2) is 18.2 Å². The molecule has 0 bridgehead atoms. The van der Waals surface area contributed by atoms with Gasteiger partial charge in [-0.05, 0) is 25.1 Å². The minimum Gasteiger partial charge on any atom is -0.497 e. The number of aryl methyl sites for hydroxylation is 1. The van der Waals surface area contributed by atoms with Crippen LogP contribution in [-0.4, -0.2) is 60.5 Å². The zero-order valence-corrected chi connectivity index (χ0v) is 14.4. The molecular formula is C18H24N2O4. The van der Waals surface area contributed by atoms with Crippen LogP contribution < -0.4 is 4.74 Å². The second-order valence-electron chi connectivity index (χ2n) is 6.28. The van der Waals surface area contributed by atoms with Gasteiger partial charge < -0.3 is 24.0 Å². The van der Waals surface area contributed by atoms with Crippen molar-refractivity contribution in [2.75, 3.05) is 40.0 Å². The van der Waals surface area contributed by atoms with E-state index in [4.69, 9.17) is 9.47 Å². The summed E-state index contributed by atoms with van der Waals surface area (Å²) in [6.07, 6.45) is 0. The van der Waals surface area contributed by atoms with Crippen LogP contribution in [0.25, 0.3) is 10.9 Å². The molecule has 130 valence electrons. The highest BCUT2D eigenvalue weighted by molar-refractivity contribution is 6.08. The lowest BCUT2D eigenvalue weighted by atomic mass is 10.1. The number of rotatable bonds is 3. The van der Waals surface area contributed by atoms with E-state index >= 15 is 0 Å². The smallest absolute Gasteiger partial charge is 0.256 e. The Morgan fingerprint density at radius 2 is 2.25 bits per heavy atom. The van der Waals surface area contributed by atoms with E-state index in [-0.39, 0.29) is 18.4 Å². The summed E-state index contributed by atoms with van der Waals surface area (Å²) in [6.45, 7) is 4.01. The highest BCUT2D eigenvalue weighted by atomic mass is 16.5. The van der Waals surface area contributed by atoms with Gasteiger partial charge in [0.05, 0.1) is 25.9 Å². The average molecular weight is 332 g/mol. The number of amides is 1. The number of fused-ring (bicyclic) bond motifs is 1. The Morgan fingerprint density at radius 1 is 1.46 bits per heavy atom. The molecule has 1 saturated heterocycles. The van der Waals surface area contributed by atoms with Crippen LogP contribution in [0, 0.1) is 12.8 Å². The normalized spacial score (nSPS) is 18.7. The number of aliphatic hydroxyl groups excluding tert-OH is 1. The van der Waals surface area contributed by atoms with Crippen molar-refractivity contribution in [1.29, 1.82) is 0 Å². The summed E-state index contributed by atoms with van der Waals surface area (Å²) < 4.78 is 12.8. The van der Waals surface area contributed by atoms with E-state index in [9.17, 15) is 9.90 Å². The number of nitrogens with zero attached hydrogens (tertiary/aromatic N) is 2. The van der Waals surface area contributed by atoms with E-state index in [1.165, 1.54) is 0 Å². The quantitative estimate of drug-likeness (QED) is 0.927. The molecule has 1 fully saturated rings. The van der Waals surface area contributed by atoms with Crippen LogP contribution in [0.3, 0.4) is 0 Å². The maximum absolute atomic E-state index is 13.2. The van der Waals surface area contributed by atoms with Crippen molar-refractivity contribution in [3.8, 4) is 5.75 Å². The third-order valence-corrected chi connectivity index (χ3v) is 4.80. The van der Waals surface area contributed by atoms with Gasteiger partial charge in [0.1, 0.15) is 5.75 Å². The molecule has 0 spiro atoms. The molecule has 1 aromatic carbocycles. The topological polar surface area (TPSA) is 63.9 Å². The Kier molecular flexibility index (Phi) is 4.78. The van der Waals surface area contributed by atoms with Gasteiger partial charge in [0.2, 0.25) is 0 Å². The summed E-state index contributed by atoms with van der Waals surface area (Å²) in [5.41, 5.74) is 2.63. The lowest BCUT2D eigenvalue weighted by Gasteiger charge is -2.23. The number of aromatic nitrogens is 1. The van der Waals surface area contributed by atoms with E-state index in [1.807, 2.05) is 36.7 Å². The lowest BCUT2D eigenvalue weighted by Crippen LogP contribution is -2.37. The van der Waals surface area contributed by atoms with Gasteiger partial charge in [0, 0.05) is 49.3 Å². The Balaban J connectivity index is 2.04. The number of benzene rings is 1. The average Bonchev–Trinajstić information content (AvgIpc) is 2.77. The molecule has 24 heavy (non-hydrogen) atoms. The molecule has 2 aromatic rings. The molecule has 6 heteroatoms. The lowest BCUT2D eigenvalue weighted by molar-refractivity contribution is 0.0729. The number of ether oxygens (including phenoxy) is 2. The summed E-state index contributed by atoms with van der Waals surface area (Å²) in [5.74, 6) is 0.672. The zero-order valence-electron chi connectivity index (χ0n) is 14.4. The minimum absolute atomic E-state index is 0.0182. The van der Waals surface area contributed by atoms with Crippen molar-refractivity contribution in [2.24, 2.45) is 13.0 Å². The first-order chi connectivity index (χ1) is 11.6. The van der Waals surface area contributed by atoms with Crippen LogP contribution in [0.4, 0.5) is 0 Å². The molecule has 0 aliphatic carbocycles. The first kappa shape index (κ1) is 16.8. The third-order valence-electron chi connectivity index (χ3n) is 4.80. The maximum Gasteiger partial charge on any atom is 0.256 e. The Bertz CT molecular complexity index is 753. The molecule has 1 atom stereocenters. The van der Waals surface area contributed by atoms with E-state index in [0.717, 1.165) is 22.3 Å². The van der Waals surface area contributed by atoms with Gasteiger partial charge in [0.25, 0.3) is 5.91 Å². The van der Waals surface area contributed by atoms with Crippen molar-refractivity contribution in [3.05, 3.63) is 29.5 Å². The predicted octanol–water partition coefficient (Wildman–Crippen LogP) is 1.58. The van der Waals surface area contributed by atoms with E-state index in [0.29, 0.717) is 31.9 Å². The monoisotopic (exact) mass is 332 g/mol. The summed E-state index contributed by atoms with van der Waals surface area (Å²) in [6, 6.07) is 5.78. The fourth-order valence-electron chi connectivity index (χ4n) is 3.28. The highest BCUT2D eigenvalue weighted by Crippen LogP contribution is 2.30. The summed E-state index contributed by atoms with van der Waals surface area (Å²) in [7, 11) is 3.58. The first-order valence-corrected chi connectivity index (χ1v) is 8.17. The van der Waals surface area contributed by atoms with Crippen molar-refractivity contribution in [1.82, 2.24) is 9.47 Å². The summed E-state index contributed by atoms with van der Waals surface area (Å²) in [5, 5.41) is 10.3. The Labute approximate surface area is 141 Å². The van der Waals surface area contributed by atoms with Crippen LogP contribution in [0.5, 0.6) is 5.75 Å². The number of aliphatic hydroxyl groups is 1. The van der Waals surface area contributed by atoms with Gasteiger partial charge in [-0.25, -0.2) is 0 Å². The number of methoxy groups -OCH3 is 1. The molecule has 1 N–H and O–H groups in total. The number of carbonyl (C=O) groups excluding carboxylic acids is 1. The van der Waals surface area contributed by atoms with Gasteiger partial charge in [-0.2, -0.15) is 0 Å². The predicted molar refractivity (Wildman–Crippen MR) is 91.5 cm³/mol. The molecule has 1 aromatic heterocycles. The SMILES string of the molecule is COc1ccc2c(c1)c(C(=O)N1CCOC[C@@H](CO)C1)c(C)n2C. The van der Waals surface area contributed by atoms with Crippen LogP contribution in [0.1, 0.15) is 16.1 Å². The van der Waals surface area contributed by atoms with Crippen molar-refractivity contribution < 1.29 is 19.4 Å². The molecule has 0 unspecified atom stereocenters. The molecule has 2 heterocycles. The molecule has 1 amide bonds. The minimum atomic E-state index is -0.0405. The number of hydrogen-bond donors (Lipinski definition) is 1. The van der Waals surface area contributed by atoms with E-state index < -0.39 is 0 Å². The summed E-state index contributed by atoms with van der Waals surface area (Å²) >= 11 is 0. The molecule has 0 radical (unpaired) electrons. The van der Waals surface area contributed by atoms with Gasteiger partial charge >= 0.3 is 0 Å². The van der Waals surface area contributed by atoms with Crippen LogP contribution in [-0.2, 0) is 11.8 Å². The largest absolute Gasteiger partial charge is 0.497 e. The fraction of sp³-hybridized carbons (Fsp3) is 0.500. The standard InChI is InChI=1S/C18H24N2O4/c1-12-17(15-8-14(23-3)4-5-16(15)19(12)2)18(22)20-6-7-24-11-13(9-20)10-21/h4-5,8,13,21H,6-7,9-11H2,1-3H3/t13-/m1/s1. The van der Waals surface area contributed by atoms with Gasteiger partial charge in [0.15, 0.2) is 0 Å². The molecule has 1 aliphatic heterocycles. The van der Waals surface area contributed by atoms with E-state index in [1.54, 1.807) is 12.0 Å². The maximum atomic E-state index is 13.2. The van der Waals surface area contributed by atoms with Gasteiger partial charge in [-0.1, -0.05) is 0 Å². The van der Waals surface area contributed by atoms with Crippen LogP contribution in [0.2, 0.25) is 0 Å².